The first-order valence-electron chi connectivity index (χ1n) is 6.85. The summed E-state index contributed by atoms with van der Waals surface area (Å²) in [6.07, 6.45) is 0. The average Bonchev–Trinajstić information content (AvgIpc) is 2.46. The zero-order valence-electron chi connectivity index (χ0n) is 12.8. The fourth-order valence-corrected chi connectivity index (χ4v) is 2.51. The van der Waals surface area contributed by atoms with Crippen molar-refractivity contribution in [2.45, 2.75) is 26.8 Å². The van der Waals surface area contributed by atoms with Crippen LogP contribution in [0, 0.1) is 26.6 Å². The molecule has 0 spiro atoms. The molecule has 2 aromatic rings. The molecule has 1 unspecified atom stereocenters. The number of aryl methyl sites for hydroxylation is 3. The van der Waals surface area contributed by atoms with E-state index in [4.69, 9.17) is 10.6 Å². The van der Waals surface area contributed by atoms with E-state index in [9.17, 15) is 4.39 Å². The maximum Gasteiger partial charge on any atom is 0.132 e. The van der Waals surface area contributed by atoms with Crippen LogP contribution in [0.4, 0.5) is 4.39 Å². The number of methoxy groups -OCH3 is 1. The van der Waals surface area contributed by atoms with Gasteiger partial charge < -0.3 is 4.74 Å². The number of hydrogen-bond acceptors (Lipinski definition) is 3. The van der Waals surface area contributed by atoms with Gasteiger partial charge in [-0.05, 0) is 49.1 Å². The first kappa shape index (κ1) is 15.5. The van der Waals surface area contributed by atoms with Gasteiger partial charge in [0.25, 0.3) is 0 Å². The third-order valence-electron chi connectivity index (χ3n) is 3.88. The van der Waals surface area contributed by atoms with Crippen LogP contribution in [0.1, 0.15) is 33.9 Å². The Bertz CT molecular complexity index is 655. The van der Waals surface area contributed by atoms with Crippen molar-refractivity contribution in [2.75, 3.05) is 7.11 Å². The van der Waals surface area contributed by atoms with Crippen LogP contribution >= 0.6 is 0 Å². The van der Waals surface area contributed by atoms with Crippen molar-refractivity contribution in [2.24, 2.45) is 5.84 Å². The maximum absolute atomic E-state index is 14.3. The molecule has 0 fully saturated rings. The summed E-state index contributed by atoms with van der Waals surface area (Å²) in [7, 11) is 1.51. The van der Waals surface area contributed by atoms with Crippen LogP contribution in [-0.2, 0) is 0 Å². The topological polar surface area (TPSA) is 47.3 Å². The van der Waals surface area contributed by atoms with E-state index >= 15 is 0 Å². The Balaban J connectivity index is 2.52. The molecule has 21 heavy (non-hydrogen) atoms. The van der Waals surface area contributed by atoms with E-state index in [0.29, 0.717) is 11.3 Å². The molecule has 3 nitrogen and oxygen atoms in total. The minimum Gasteiger partial charge on any atom is -0.497 e. The number of ether oxygens (including phenoxy) is 1. The lowest BCUT2D eigenvalue weighted by atomic mass is 9.92. The van der Waals surface area contributed by atoms with Crippen LogP contribution in [0.15, 0.2) is 30.3 Å². The van der Waals surface area contributed by atoms with Crippen molar-refractivity contribution in [3.8, 4) is 5.75 Å². The van der Waals surface area contributed by atoms with Gasteiger partial charge in [-0.3, -0.25) is 5.84 Å². The molecule has 0 radical (unpaired) electrons. The van der Waals surface area contributed by atoms with E-state index in [2.05, 4.69) is 24.5 Å². The molecule has 0 amide bonds. The SMILES string of the molecule is COc1ccc(C(NN)c2cc(C)c(C)cc2C)c(F)c1. The molecule has 3 N–H and O–H groups in total. The highest BCUT2D eigenvalue weighted by Crippen LogP contribution is 2.29. The third kappa shape index (κ3) is 3.06. The summed E-state index contributed by atoms with van der Waals surface area (Å²) in [5.41, 5.74) is 7.65. The molecule has 0 aliphatic carbocycles. The lowest BCUT2D eigenvalue weighted by Gasteiger charge is -2.21. The smallest absolute Gasteiger partial charge is 0.132 e. The normalized spacial score (nSPS) is 12.3. The van der Waals surface area contributed by atoms with Gasteiger partial charge in [-0.2, -0.15) is 0 Å². The number of hydrazine groups is 1. The zero-order chi connectivity index (χ0) is 15.6. The monoisotopic (exact) mass is 288 g/mol. The van der Waals surface area contributed by atoms with Gasteiger partial charge in [-0.25, -0.2) is 9.82 Å². The van der Waals surface area contributed by atoms with Crippen LogP contribution < -0.4 is 16.0 Å². The highest BCUT2D eigenvalue weighted by atomic mass is 19.1. The quantitative estimate of drug-likeness (QED) is 0.670. The van der Waals surface area contributed by atoms with Gasteiger partial charge in [-0.15, -0.1) is 0 Å². The first-order valence-corrected chi connectivity index (χ1v) is 6.85. The number of halogens is 1. The van der Waals surface area contributed by atoms with Crippen LogP contribution in [0.3, 0.4) is 0 Å². The fraction of sp³-hybridized carbons (Fsp3) is 0.294. The number of nitrogens with one attached hydrogen (secondary N) is 1. The van der Waals surface area contributed by atoms with E-state index < -0.39 is 6.04 Å². The second-order valence-electron chi connectivity index (χ2n) is 5.28. The van der Waals surface area contributed by atoms with Crippen molar-refractivity contribution >= 4 is 0 Å². The maximum atomic E-state index is 14.3. The van der Waals surface area contributed by atoms with E-state index in [1.165, 1.54) is 18.7 Å². The van der Waals surface area contributed by atoms with E-state index in [-0.39, 0.29) is 5.82 Å². The minimum absolute atomic E-state index is 0.338. The van der Waals surface area contributed by atoms with Crippen LogP contribution in [0.25, 0.3) is 0 Å². The number of benzene rings is 2. The molecule has 2 aromatic carbocycles. The van der Waals surface area contributed by atoms with Crippen molar-refractivity contribution in [3.05, 3.63) is 64.0 Å². The molecule has 112 valence electrons. The molecule has 0 aromatic heterocycles. The van der Waals surface area contributed by atoms with Crippen molar-refractivity contribution in [1.82, 2.24) is 5.43 Å². The second kappa shape index (κ2) is 6.24. The molecular weight excluding hydrogens is 267 g/mol. The van der Waals surface area contributed by atoms with Gasteiger partial charge in [0.2, 0.25) is 0 Å². The number of nitrogens with two attached hydrogens (primary N) is 1. The lowest BCUT2D eigenvalue weighted by molar-refractivity contribution is 0.410. The number of hydrogen-bond donors (Lipinski definition) is 2. The Kier molecular flexibility index (Phi) is 4.60. The van der Waals surface area contributed by atoms with Crippen molar-refractivity contribution < 1.29 is 9.13 Å². The minimum atomic E-state index is -0.393. The molecule has 0 saturated heterocycles. The fourth-order valence-electron chi connectivity index (χ4n) is 2.51. The summed E-state index contributed by atoms with van der Waals surface area (Å²) >= 11 is 0. The summed E-state index contributed by atoms with van der Waals surface area (Å²) < 4.78 is 19.3. The first-order chi connectivity index (χ1) is 9.97. The Labute approximate surface area is 124 Å². The Hall–Kier alpha value is -1.91. The molecule has 0 saturated carbocycles. The predicted octanol–water partition coefficient (Wildman–Crippen LogP) is 3.31. The average molecular weight is 288 g/mol. The molecular formula is C17H21FN2O. The summed E-state index contributed by atoms with van der Waals surface area (Å²) in [6, 6.07) is 8.56. The highest BCUT2D eigenvalue weighted by Gasteiger charge is 2.19. The molecule has 1 atom stereocenters. The van der Waals surface area contributed by atoms with Crippen molar-refractivity contribution in [1.29, 1.82) is 0 Å². The van der Waals surface area contributed by atoms with E-state index in [1.807, 2.05) is 13.8 Å². The lowest BCUT2D eigenvalue weighted by Crippen LogP contribution is -2.30. The number of rotatable bonds is 4. The molecule has 0 aliphatic rings. The van der Waals surface area contributed by atoms with Gasteiger partial charge in [0, 0.05) is 11.6 Å². The Morgan fingerprint density at radius 3 is 2.24 bits per heavy atom. The van der Waals surface area contributed by atoms with E-state index in [1.54, 1.807) is 12.1 Å². The summed E-state index contributed by atoms with van der Waals surface area (Å²) in [6.45, 7) is 6.11. The summed E-state index contributed by atoms with van der Waals surface area (Å²) in [4.78, 5) is 0. The van der Waals surface area contributed by atoms with Gasteiger partial charge in [0.05, 0.1) is 13.2 Å². The van der Waals surface area contributed by atoms with Gasteiger partial charge in [0.15, 0.2) is 0 Å². The second-order valence-corrected chi connectivity index (χ2v) is 5.28. The highest BCUT2D eigenvalue weighted by molar-refractivity contribution is 5.43. The van der Waals surface area contributed by atoms with Crippen LogP contribution in [-0.4, -0.2) is 7.11 Å². The molecule has 0 heterocycles. The van der Waals surface area contributed by atoms with Crippen molar-refractivity contribution in [3.63, 3.8) is 0 Å². The Morgan fingerprint density at radius 2 is 1.67 bits per heavy atom. The molecule has 4 heteroatoms. The summed E-state index contributed by atoms with van der Waals surface area (Å²) in [5, 5.41) is 0. The molecule has 0 aliphatic heterocycles. The molecule has 0 bridgehead atoms. The van der Waals surface area contributed by atoms with E-state index in [0.717, 1.165) is 16.7 Å². The van der Waals surface area contributed by atoms with Crippen LogP contribution in [0.5, 0.6) is 5.75 Å². The predicted molar refractivity (Wildman–Crippen MR) is 82.8 cm³/mol. The standard InChI is InChI=1S/C17H21FN2O/c1-10-7-12(3)15(8-11(10)2)17(20-19)14-6-5-13(21-4)9-16(14)18/h5-9,17,20H,19H2,1-4H3. The largest absolute Gasteiger partial charge is 0.497 e. The molecule has 2 rings (SSSR count). The van der Waals surface area contributed by atoms with Gasteiger partial charge in [0.1, 0.15) is 11.6 Å². The van der Waals surface area contributed by atoms with Gasteiger partial charge in [-0.1, -0.05) is 18.2 Å². The third-order valence-corrected chi connectivity index (χ3v) is 3.88. The summed E-state index contributed by atoms with van der Waals surface area (Å²) in [5.74, 6) is 5.84. The van der Waals surface area contributed by atoms with Crippen LogP contribution in [0.2, 0.25) is 0 Å². The zero-order valence-corrected chi connectivity index (χ0v) is 12.8. The van der Waals surface area contributed by atoms with Gasteiger partial charge >= 0.3 is 0 Å². The Morgan fingerprint density at radius 1 is 1.00 bits per heavy atom.